The number of hydrogen-bond acceptors (Lipinski definition) is 4. The fraction of sp³-hybridized carbons (Fsp3) is 0.462. The maximum atomic E-state index is 12.2. The van der Waals surface area contributed by atoms with E-state index in [9.17, 15) is 4.79 Å². The van der Waals surface area contributed by atoms with Gasteiger partial charge in [0.15, 0.2) is 5.78 Å². The van der Waals surface area contributed by atoms with E-state index in [-0.39, 0.29) is 17.7 Å². The highest BCUT2D eigenvalue weighted by Crippen LogP contribution is 2.33. The summed E-state index contributed by atoms with van der Waals surface area (Å²) in [6.45, 7) is 0. The number of methoxy groups -OCH3 is 2. The number of hydrogen-bond donors (Lipinski definition) is 1. The Balaban J connectivity index is 2.25. The molecule has 2 rings (SSSR count). The Bertz CT molecular complexity index is 425. The number of ketones is 1. The van der Waals surface area contributed by atoms with Crippen LogP contribution in [0.5, 0.6) is 11.5 Å². The minimum Gasteiger partial charge on any atom is -0.497 e. The maximum absolute atomic E-state index is 12.2. The lowest BCUT2D eigenvalue weighted by atomic mass is 9.76. The Morgan fingerprint density at radius 2 is 2.00 bits per heavy atom. The van der Waals surface area contributed by atoms with Crippen LogP contribution in [0.2, 0.25) is 0 Å². The van der Waals surface area contributed by atoms with E-state index >= 15 is 0 Å². The highest BCUT2D eigenvalue weighted by molar-refractivity contribution is 6.01. The number of rotatable bonds is 4. The van der Waals surface area contributed by atoms with Crippen molar-refractivity contribution >= 4 is 5.78 Å². The molecule has 4 nitrogen and oxygen atoms in total. The zero-order chi connectivity index (χ0) is 12.4. The van der Waals surface area contributed by atoms with Gasteiger partial charge in [0.1, 0.15) is 11.5 Å². The number of ether oxygens (including phenoxy) is 2. The molecule has 0 aromatic heterocycles. The second-order valence-corrected chi connectivity index (χ2v) is 4.36. The molecule has 2 N–H and O–H groups in total. The third-order valence-corrected chi connectivity index (χ3v) is 3.22. The molecule has 0 unspecified atom stereocenters. The first-order valence-electron chi connectivity index (χ1n) is 5.67. The van der Waals surface area contributed by atoms with Crippen LogP contribution in [-0.4, -0.2) is 26.0 Å². The molecule has 4 heteroatoms. The molecule has 0 radical (unpaired) electrons. The smallest absolute Gasteiger partial charge is 0.169 e. The van der Waals surface area contributed by atoms with Crippen molar-refractivity contribution in [2.75, 3.05) is 14.2 Å². The van der Waals surface area contributed by atoms with Crippen molar-refractivity contribution in [2.45, 2.75) is 18.9 Å². The molecular weight excluding hydrogens is 218 g/mol. The van der Waals surface area contributed by atoms with Crippen molar-refractivity contribution in [3.63, 3.8) is 0 Å². The average Bonchev–Trinajstić information content (AvgIpc) is 2.33. The molecule has 92 valence electrons. The Kier molecular flexibility index (Phi) is 3.33. The molecule has 0 amide bonds. The molecule has 1 aliphatic rings. The van der Waals surface area contributed by atoms with Crippen LogP contribution < -0.4 is 15.2 Å². The van der Waals surface area contributed by atoms with Crippen LogP contribution in [0.15, 0.2) is 18.2 Å². The topological polar surface area (TPSA) is 61.5 Å². The Hall–Kier alpha value is -1.55. The summed E-state index contributed by atoms with van der Waals surface area (Å²) in [6, 6.07) is 5.43. The summed E-state index contributed by atoms with van der Waals surface area (Å²) in [7, 11) is 3.14. The van der Waals surface area contributed by atoms with Gasteiger partial charge in [0.2, 0.25) is 0 Å². The van der Waals surface area contributed by atoms with Crippen molar-refractivity contribution < 1.29 is 14.3 Å². The molecule has 0 atom stereocenters. The number of benzene rings is 1. The van der Waals surface area contributed by atoms with Crippen LogP contribution in [0.4, 0.5) is 0 Å². The molecule has 0 aliphatic heterocycles. The monoisotopic (exact) mass is 235 g/mol. The van der Waals surface area contributed by atoms with E-state index < -0.39 is 0 Å². The molecule has 1 aliphatic carbocycles. The Labute approximate surface area is 101 Å². The van der Waals surface area contributed by atoms with E-state index in [1.54, 1.807) is 32.4 Å². The van der Waals surface area contributed by atoms with E-state index in [2.05, 4.69) is 0 Å². The fourth-order valence-electron chi connectivity index (χ4n) is 2.10. The molecule has 17 heavy (non-hydrogen) atoms. The molecule has 1 aromatic rings. The van der Waals surface area contributed by atoms with Crippen molar-refractivity contribution in [3.8, 4) is 11.5 Å². The van der Waals surface area contributed by atoms with Gasteiger partial charge in [0, 0.05) is 12.0 Å². The van der Waals surface area contributed by atoms with Crippen LogP contribution >= 0.6 is 0 Å². The normalized spacial score (nSPS) is 22.8. The van der Waals surface area contributed by atoms with Gasteiger partial charge >= 0.3 is 0 Å². The molecule has 0 spiro atoms. The first kappa shape index (κ1) is 11.9. The molecule has 0 heterocycles. The highest BCUT2D eigenvalue weighted by atomic mass is 16.5. The maximum Gasteiger partial charge on any atom is 0.169 e. The second kappa shape index (κ2) is 4.75. The lowest BCUT2D eigenvalue weighted by Crippen LogP contribution is -2.40. The Morgan fingerprint density at radius 3 is 2.53 bits per heavy atom. The SMILES string of the molecule is COc1ccc(OC)c(C(=O)C2CC(N)C2)c1. The molecule has 1 aromatic carbocycles. The van der Waals surface area contributed by atoms with Gasteiger partial charge in [-0.2, -0.15) is 0 Å². The predicted molar refractivity (Wildman–Crippen MR) is 64.6 cm³/mol. The second-order valence-electron chi connectivity index (χ2n) is 4.36. The molecule has 1 saturated carbocycles. The zero-order valence-electron chi connectivity index (χ0n) is 10.1. The minimum atomic E-state index is 0.0333. The van der Waals surface area contributed by atoms with Crippen LogP contribution in [0.1, 0.15) is 23.2 Å². The van der Waals surface area contributed by atoms with Gasteiger partial charge in [-0.05, 0) is 31.0 Å². The van der Waals surface area contributed by atoms with Gasteiger partial charge in [-0.15, -0.1) is 0 Å². The van der Waals surface area contributed by atoms with E-state index in [0.29, 0.717) is 17.1 Å². The van der Waals surface area contributed by atoms with Gasteiger partial charge in [0.25, 0.3) is 0 Å². The van der Waals surface area contributed by atoms with Gasteiger partial charge in [-0.3, -0.25) is 4.79 Å². The van der Waals surface area contributed by atoms with E-state index in [4.69, 9.17) is 15.2 Å². The van der Waals surface area contributed by atoms with Crippen LogP contribution in [-0.2, 0) is 0 Å². The standard InChI is InChI=1S/C13H17NO3/c1-16-10-3-4-12(17-2)11(7-10)13(15)8-5-9(14)6-8/h3-4,7-9H,5-6,14H2,1-2H3. The lowest BCUT2D eigenvalue weighted by Gasteiger charge is -2.31. The molecular formula is C13H17NO3. The summed E-state index contributed by atoms with van der Waals surface area (Å²) < 4.78 is 10.3. The molecule has 0 saturated heterocycles. The van der Waals surface area contributed by atoms with E-state index in [1.165, 1.54) is 0 Å². The average molecular weight is 235 g/mol. The summed E-state index contributed by atoms with van der Waals surface area (Å²) in [5.74, 6) is 1.39. The fourth-order valence-corrected chi connectivity index (χ4v) is 2.10. The summed E-state index contributed by atoms with van der Waals surface area (Å²) in [5.41, 5.74) is 6.29. The first-order valence-corrected chi connectivity index (χ1v) is 5.67. The van der Waals surface area contributed by atoms with Gasteiger partial charge < -0.3 is 15.2 Å². The largest absolute Gasteiger partial charge is 0.497 e. The number of carbonyl (C=O) groups excluding carboxylic acids is 1. The number of carbonyl (C=O) groups is 1. The van der Waals surface area contributed by atoms with E-state index in [1.807, 2.05) is 0 Å². The predicted octanol–water partition coefficient (Wildman–Crippen LogP) is 1.62. The highest BCUT2D eigenvalue weighted by Gasteiger charge is 2.33. The van der Waals surface area contributed by atoms with Crippen LogP contribution in [0.3, 0.4) is 0 Å². The summed E-state index contributed by atoms with van der Waals surface area (Å²) in [6.07, 6.45) is 1.53. The van der Waals surface area contributed by atoms with Gasteiger partial charge in [-0.25, -0.2) is 0 Å². The third kappa shape index (κ3) is 2.26. The molecule has 0 bridgehead atoms. The number of Topliss-reactive ketones (excluding diaryl/α,β-unsaturated/α-hetero) is 1. The third-order valence-electron chi connectivity index (χ3n) is 3.22. The van der Waals surface area contributed by atoms with E-state index in [0.717, 1.165) is 12.8 Å². The van der Waals surface area contributed by atoms with Crippen molar-refractivity contribution in [3.05, 3.63) is 23.8 Å². The summed E-state index contributed by atoms with van der Waals surface area (Å²) in [5, 5.41) is 0. The van der Waals surface area contributed by atoms with Crippen LogP contribution in [0, 0.1) is 5.92 Å². The van der Waals surface area contributed by atoms with Gasteiger partial charge in [0.05, 0.1) is 19.8 Å². The quantitative estimate of drug-likeness (QED) is 0.806. The van der Waals surface area contributed by atoms with Crippen molar-refractivity contribution in [1.29, 1.82) is 0 Å². The Morgan fingerprint density at radius 1 is 1.29 bits per heavy atom. The summed E-state index contributed by atoms with van der Waals surface area (Å²) in [4.78, 5) is 12.2. The first-order chi connectivity index (χ1) is 8.15. The van der Waals surface area contributed by atoms with Crippen molar-refractivity contribution in [1.82, 2.24) is 0 Å². The minimum absolute atomic E-state index is 0.0333. The zero-order valence-corrected chi connectivity index (χ0v) is 10.1. The van der Waals surface area contributed by atoms with Crippen LogP contribution in [0.25, 0.3) is 0 Å². The number of nitrogens with two attached hydrogens (primary N) is 1. The summed E-state index contributed by atoms with van der Waals surface area (Å²) >= 11 is 0. The lowest BCUT2D eigenvalue weighted by molar-refractivity contribution is 0.0829. The molecule has 1 fully saturated rings. The van der Waals surface area contributed by atoms with Gasteiger partial charge in [-0.1, -0.05) is 0 Å². The van der Waals surface area contributed by atoms with Crippen molar-refractivity contribution in [2.24, 2.45) is 11.7 Å².